The monoisotopic (exact) mass is 357 g/mol. The fraction of sp³-hybridized carbons (Fsp3) is 0.111. The molecule has 0 fully saturated rings. The molecule has 0 unspecified atom stereocenters. The number of hydrogen-bond donors (Lipinski definition) is 4. The largest absolute Gasteiger partial charge is 0.478 e. The highest BCUT2D eigenvalue weighted by atomic mass is 16.4. The number of aromatic carboxylic acids is 3. The SMILES string of the molecule is O=C(O)c1ccc2c(c1)C(=O)NCC2.O=C(O)c1cccc(C(=O)O)c1. The fourth-order valence-electron chi connectivity index (χ4n) is 2.33. The van der Waals surface area contributed by atoms with Crippen LogP contribution in [0, 0.1) is 0 Å². The van der Waals surface area contributed by atoms with Crippen molar-refractivity contribution in [2.24, 2.45) is 0 Å². The van der Waals surface area contributed by atoms with E-state index in [1.807, 2.05) is 0 Å². The van der Waals surface area contributed by atoms with E-state index in [2.05, 4.69) is 5.32 Å². The maximum Gasteiger partial charge on any atom is 0.335 e. The van der Waals surface area contributed by atoms with Gasteiger partial charge in [0.2, 0.25) is 0 Å². The van der Waals surface area contributed by atoms with Gasteiger partial charge < -0.3 is 20.6 Å². The summed E-state index contributed by atoms with van der Waals surface area (Å²) in [4.78, 5) is 42.8. The van der Waals surface area contributed by atoms with Crippen molar-refractivity contribution in [1.29, 1.82) is 0 Å². The summed E-state index contributed by atoms with van der Waals surface area (Å²) in [6, 6.07) is 9.85. The highest BCUT2D eigenvalue weighted by Crippen LogP contribution is 2.15. The Morgan fingerprint density at radius 3 is 1.88 bits per heavy atom. The van der Waals surface area contributed by atoms with Gasteiger partial charge in [-0.3, -0.25) is 4.79 Å². The molecule has 2 aromatic carbocycles. The molecular formula is C18H15NO7. The van der Waals surface area contributed by atoms with Crippen LogP contribution in [0.1, 0.15) is 47.0 Å². The number of benzene rings is 2. The number of nitrogens with one attached hydrogen (secondary N) is 1. The lowest BCUT2D eigenvalue weighted by Crippen LogP contribution is -2.31. The van der Waals surface area contributed by atoms with Gasteiger partial charge in [-0.05, 0) is 42.3 Å². The number of carboxylic acid groups (broad SMARTS) is 3. The molecule has 0 atom stereocenters. The second kappa shape index (κ2) is 7.93. The summed E-state index contributed by atoms with van der Waals surface area (Å²) in [5, 5.41) is 28.4. The number of rotatable bonds is 3. The van der Waals surface area contributed by atoms with E-state index < -0.39 is 17.9 Å². The van der Waals surface area contributed by atoms with Gasteiger partial charge in [0.15, 0.2) is 0 Å². The molecule has 0 aromatic heterocycles. The van der Waals surface area contributed by atoms with Crippen LogP contribution in [0.2, 0.25) is 0 Å². The molecule has 26 heavy (non-hydrogen) atoms. The third-order valence-electron chi connectivity index (χ3n) is 3.64. The van der Waals surface area contributed by atoms with Gasteiger partial charge in [0, 0.05) is 12.1 Å². The Balaban J connectivity index is 0.000000190. The fourth-order valence-corrected chi connectivity index (χ4v) is 2.33. The quantitative estimate of drug-likeness (QED) is 0.656. The van der Waals surface area contributed by atoms with E-state index in [1.165, 1.54) is 30.3 Å². The average molecular weight is 357 g/mol. The molecule has 8 nitrogen and oxygen atoms in total. The summed E-state index contributed by atoms with van der Waals surface area (Å²) >= 11 is 0. The lowest BCUT2D eigenvalue weighted by Gasteiger charge is -2.16. The molecule has 4 N–H and O–H groups in total. The Morgan fingerprint density at radius 2 is 1.35 bits per heavy atom. The summed E-state index contributed by atoms with van der Waals surface area (Å²) in [5.74, 6) is -3.45. The summed E-state index contributed by atoms with van der Waals surface area (Å²) in [6.07, 6.45) is 0.765. The highest BCUT2D eigenvalue weighted by Gasteiger charge is 2.17. The van der Waals surface area contributed by atoms with Crippen molar-refractivity contribution >= 4 is 23.8 Å². The maximum atomic E-state index is 11.4. The normalized spacial score (nSPS) is 12.1. The predicted octanol–water partition coefficient (Wildman–Crippen LogP) is 1.75. The van der Waals surface area contributed by atoms with E-state index in [4.69, 9.17) is 15.3 Å². The second-order valence-electron chi connectivity index (χ2n) is 5.37. The van der Waals surface area contributed by atoms with Crippen LogP contribution in [0.25, 0.3) is 0 Å². The molecule has 8 heteroatoms. The van der Waals surface area contributed by atoms with Crippen LogP contribution >= 0.6 is 0 Å². The molecule has 1 amide bonds. The molecule has 3 rings (SSSR count). The Morgan fingerprint density at radius 1 is 0.808 bits per heavy atom. The zero-order valence-corrected chi connectivity index (χ0v) is 13.4. The highest BCUT2D eigenvalue weighted by molar-refractivity contribution is 5.99. The minimum absolute atomic E-state index is 0.0186. The average Bonchev–Trinajstić information content (AvgIpc) is 2.62. The molecule has 0 saturated heterocycles. The summed E-state index contributed by atoms with van der Waals surface area (Å²) in [7, 11) is 0. The summed E-state index contributed by atoms with van der Waals surface area (Å²) in [6.45, 7) is 0.623. The minimum Gasteiger partial charge on any atom is -0.478 e. The van der Waals surface area contributed by atoms with Crippen LogP contribution in [-0.2, 0) is 6.42 Å². The Kier molecular flexibility index (Phi) is 5.69. The first-order valence-electron chi connectivity index (χ1n) is 7.50. The number of carbonyl (C=O) groups excluding carboxylic acids is 1. The van der Waals surface area contributed by atoms with Gasteiger partial charge in [-0.1, -0.05) is 12.1 Å². The number of fused-ring (bicyclic) bond motifs is 1. The molecule has 1 aliphatic rings. The lowest BCUT2D eigenvalue weighted by atomic mass is 9.98. The van der Waals surface area contributed by atoms with Crippen molar-refractivity contribution in [1.82, 2.24) is 5.32 Å². The molecule has 2 aromatic rings. The minimum atomic E-state index is -1.13. The first kappa shape index (κ1) is 18.7. The van der Waals surface area contributed by atoms with E-state index in [1.54, 1.807) is 6.07 Å². The van der Waals surface area contributed by atoms with E-state index >= 15 is 0 Å². The maximum absolute atomic E-state index is 11.4. The molecule has 1 aliphatic heterocycles. The Labute approximate surface area is 147 Å². The van der Waals surface area contributed by atoms with Crippen LogP contribution in [0.4, 0.5) is 0 Å². The van der Waals surface area contributed by atoms with Crippen molar-refractivity contribution in [3.63, 3.8) is 0 Å². The Bertz CT molecular complexity index is 860. The van der Waals surface area contributed by atoms with Crippen molar-refractivity contribution < 1.29 is 34.5 Å². The number of hydrogen-bond acceptors (Lipinski definition) is 4. The number of carbonyl (C=O) groups is 4. The molecular weight excluding hydrogens is 342 g/mol. The van der Waals surface area contributed by atoms with E-state index in [0.29, 0.717) is 12.1 Å². The molecule has 0 spiro atoms. The van der Waals surface area contributed by atoms with Gasteiger partial charge in [-0.2, -0.15) is 0 Å². The molecule has 0 bridgehead atoms. The first-order valence-corrected chi connectivity index (χ1v) is 7.50. The van der Waals surface area contributed by atoms with Crippen molar-refractivity contribution in [3.8, 4) is 0 Å². The van der Waals surface area contributed by atoms with Gasteiger partial charge >= 0.3 is 17.9 Å². The first-order chi connectivity index (χ1) is 12.3. The standard InChI is InChI=1S/C10H9NO3.C8H6O4/c12-9-8-5-7(10(13)14)2-1-6(8)3-4-11-9;9-7(10)5-2-1-3-6(4-5)8(11)12/h1-2,5H,3-4H2,(H,11,12)(H,13,14);1-4H,(H,9,10)(H,11,12). The third kappa shape index (κ3) is 4.44. The van der Waals surface area contributed by atoms with Gasteiger partial charge in [0.05, 0.1) is 16.7 Å². The van der Waals surface area contributed by atoms with Crippen molar-refractivity contribution in [3.05, 3.63) is 70.3 Å². The van der Waals surface area contributed by atoms with Crippen LogP contribution in [-0.4, -0.2) is 45.7 Å². The zero-order valence-electron chi connectivity index (χ0n) is 13.4. The second-order valence-corrected chi connectivity index (χ2v) is 5.37. The molecule has 134 valence electrons. The van der Waals surface area contributed by atoms with Crippen LogP contribution in [0.3, 0.4) is 0 Å². The zero-order chi connectivity index (χ0) is 19.3. The topological polar surface area (TPSA) is 141 Å². The lowest BCUT2D eigenvalue weighted by molar-refractivity contribution is 0.0681. The van der Waals surface area contributed by atoms with Crippen LogP contribution in [0.5, 0.6) is 0 Å². The van der Waals surface area contributed by atoms with Crippen LogP contribution in [0.15, 0.2) is 42.5 Å². The molecule has 0 radical (unpaired) electrons. The van der Waals surface area contributed by atoms with E-state index in [9.17, 15) is 19.2 Å². The van der Waals surface area contributed by atoms with E-state index in [0.717, 1.165) is 18.1 Å². The van der Waals surface area contributed by atoms with Gasteiger partial charge in [0.1, 0.15) is 0 Å². The molecule has 1 heterocycles. The molecule has 0 aliphatic carbocycles. The van der Waals surface area contributed by atoms with Gasteiger partial charge in [0.25, 0.3) is 5.91 Å². The molecule has 0 saturated carbocycles. The third-order valence-corrected chi connectivity index (χ3v) is 3.64. The number of carboxylic acids is 3. The van der Waals surface area contributed by atoms with Gasteiger partial charge in [-0.15, -0.1) is 0 Å². The smallest absolute Gasteiger partial charge is 0.335 e. The van der Waals surface area contributed by atoms with Gasteiger partial charge in [-0.25, -0.2) is 14.4 Å². The van der Waals surface area contributed by atoms with E-state index in [-0.39, 0.29) is 22.6 Å². The number of amides is 1. The Hall–Kier alpha value is -3.68. The predicted molar refractivity (Wildman–Crippen MR) is 89.8 cm³/mol. The van der Waals surface area contributed by atoms with Crippen molar-refractivity contribution in [2.75, 3.05) is 6.54 Å². The van der Waals surface area contributed by atoms with Crippen LogP contribution < -0.4 is 5.32 Å². The summed E-state index contributed by atoms with van der Waals surface area (Å²) < 4.78 is 0. The summed E-state index contributed by atoms with van der Waals surface area (Å²) in [5.41, 5.74) is 1.51. The van der Waals surface area contributed by atoms with Crippen molar-refractivity contribution in [2.45, 2.75) is 6.42 Å².